The Bertz CT molecular complexity index is 679. The minimum Gasteiger partial charge on any atom is -0.349 e. The van der Waals surface area contributed by atoms with Crippen LogP contribution < -0.4 is 5.56 Å². The minimum atomic E-state index is -0.121. The van der Waals surface area contributed by atoms with Gasteiger partial charge >= 0.3 is 0 Å². The van der Waals surface area contributed by atoms with E-state index in [2.05, 4.69) is 20.9 Å². The molecule has 0 unspecified atom stereocenters. The van der Waals surface area contributed by atoms with Gasteiger partial charge in [-0.25, -0.2) is 4.98 Å². The summed E-state index contributed by atoms with van der Waals surface area (Å²) < 4.78 is 2.35. The average molecular weight is 324 g/mol. The predicted molar refractivity (Wildman–Crippen MR) is 77.0 cm³/mol. The zero-order valence-electron chi connectivity index (χ0n) is 10.8. The van der Waals surface area contributed by atoms with Crippen molar-refractivity contribution in [2.45, 2.75) is 13.0 Å². The number of aromatic nitrogens is 2. The lowest BCUT2D eigenvalue weighted by atomic mass is 10.2. The topological polar surface area (TPSA) is 55.2 Å². The highest BCUT2D eigenvalue weighted by molar-refractivity contribution is 9.10. The molecule has 1 heterocycles. The second-order valence-corrected chi connectivity index (χ2v) is 5.36. The van der Waals surface area contributed by atoms with Gasteiger partial charge in [0.1, 0.15) is 0 Å². The summed E-state index contributed by atoms with van der Waals surface area (Å²) in [4.78, 5) is 29.5. The molecule has 19 heavy (non-hydrogen) atoms. The molecule has 1 amide bonds. The molecule has 0 aliphatic rings. The van der Waals surface area contributed by atoms with E-state index >= 15 is 0 Å². The fourth-order valence-corrected chi connectivity index (χ4v) is 2.08. The molecule has 6 heteroatoms. The number of carbonyl (C=O) groups is 1. The van der Waals surface area contributed by atoms with Crippen LogP contribution in [0, 0.1) is 0 Å². The number of aryl methyl sites for hydroxylation is 1. The smallest absolute Gasteiger partial charge is 0.261 e. The molecule has 2 aromatic rings. The third kappa shape index (κ3) is 3.01. The molecule has 2 rings (SSSR count). The normalized spacial score (nSPS) is 10.7. The van der Waals surface area contributed by atoms with Crippen molar-refractivity contribution in [1.82, 2.24) is 14.5 Å². The molecule has 5 nitrogen and oxygen atoms in total. The Balaban J connectivity index is 2.31. The molecule has 1 aromatic heterocycles. The van der Waals surface area contributed by atoms with Crippen molar-refractivity contribution in [1.29, 1.82) is 0 Å². The lowest BCUT2D eigenvalue weighted by Gasteiger charge is -2.11. The molecule has 0 spiro atoms. The van der Waals surface area contributed by atoms with E-state index in [1.165, 1.54) is 15.8 Å². The fourth-order valence-electron chi connectivity index (χ4n) is 1.73. The first-order valence-corrected chi connectivity index (χ1v) is 6.63. The highest BCUT2D eigenvalue weighted by Crippen LogP contribution is 2.14. The average Bonchev–Trinajstić information content (AvgIpc) is 2.37. The quantitative estimate of drug-likeness (QED) is 0.862. The molecular formula is C13H14BrN3O2. The van der Waals surface area contributed by atoms with Crippen molar-refractivity contribution >= 4 is 32.7 Å². The summed E-state index contributed by atoms with van der Waals surface area (Å²) in [5.41, 5.74) is 0.526. The molecule has 0 saturated heterocycles. The van der Waals surface area contributed by atoms with E-state index in [4.69, 9.17) is 0 Å². The summed E-state index contributed by atoms with van der Waals surface area (Å²) >= 11 is 3.34. The molecule has 0 atom stereocenters. The number of amides is 1. The summed E-state index contributed by atoms with van der Waals surface area (Å²) in [6.07, 6.45) is 1.77. The number of hydrogen-bond acceptors (Lipinski definition) is 3. The van der Waals surface area contributed by atoms with Crippen molar-refractivity contribution in [2.75, 3.05) is 14.1 Å². The first-order valence-electron chi connectivity index (χ1n) is 5.84. The van der Waals surface area contributed by atoms with Crippen LogP contribution in [0.25, 0.3) is 10.9 Å². The van der Waals surface area contributed by atoms with Crippen molar-refractivity contribution in [3.05, 3.63) is 39.4 Å². The van der Waals surface area contributed by atoms with E-state index in [-0.39, 0.29) is 17.9 Å². The Morgan fingerprint density at radius 1 is 1.42 bits per heavy atom. The Morgan fingerprint density at radius 3 is 2.84 bits per heavy atom. The Kier molecular flexibility index (Phi) is 3.99. The summed E-state index contributed by atoms with van der Waals surface area (Å²) in [6, 6.07) is 5.34. The van der Waals surface area contributed by atoms with E-state index in [1.54, 1.807) is 32.3 Å². The van der Waals surface area contributed by atoms with E-state index < -0.39 is 0 Å². The van der Waals surface area contributed by atoms with Crippen LogP contribution in [0.15, 0.2) is 33.8 Å². The highest BCUT2D eigenvalue weighted by Gasteiger charge is 2.07. The summed E-state index contributed by atoms with van der Waals surface area (Å²) in [5, 5.41) is 0.558. The second kappa shape index (κ2) is 5.52. The number of benzene rings is 1. The largest absolute Gasteiger partial charge is 0.349 e. The van der Waals surface area contributed by atoms with E-state index in [9.17, 15) is 9.59 Å². The predicted octanol–water partition coefficient (Wildman–Crippen LogP) is 1.64. The first kappa shape index (κ1) is 13.7. The van der Waals surface area contributed by atoms with Gasteiger partial charge in [-0.1, -0.05) is 15.9 Å². The maximum Gasteiger partial charge on any atom is 0.261 e. The van der Waals surface area contributed by atoms with Gasteiger partial charge in [0, 0.05) is 31.5 Å². The van der Waals surface area contributed by atoms with Crippen LogP contribution >= 0.6 is 15.9 Å². The van der Waals surface area contributed by atoms with Gasteiger partial charge in [-0.3, -0.25) is 14.2 Å². The molecule has 0 radical (unpaired) electrons. The molecule has 0 aliphatic heterocycles. The molecular weight excluding hydrogens is 310 g/mol. The van der Waals surface area contributed by atoms with Crippen molar-refractivity contribution in [3.63, 3.8) is 0 Å². The van der Waals surface area contributed by atoms with Crippen LogP contribution in [0.5, 0.6) is 0 Å². The third-order valence-corrected chi connectivity index (χ3v) is 3.35. The third-order valence-electron chi connectivity index (χ3n) is 2.85. The van der Waals surface area contributed by atoms with Gasteiger partial charge < -0.3 is 4.90 Å². The summed E-state index contributed by atoms with van der Waals surface area (Å²) in [7, 11) is 3.39. The van der Waals surface area contributed by atoms with Crippen molar-refractivity contribution in [2.24, 2.45) is 0 Å². The lowest BCUT2D eigenvalue weighted by Crippen LogP contribution is -2.26. The van der Waals surface area contributed by atoms with Gasteiger partial charge in [-0.2, -0.15) is 0 Å². The zero-order chi connectivity index (χ0) is 14.0. The standard InChI is InChI=1S/C13H14BrN3O2/c1-16(2)12(18)5-6-17-8-15-11-7-9(14)3-4-10(11)13(17)19/h3-4,7-8H,5-6H2,1-2H3. The van der Waals surface area contributed by atoms with Crippen LogP contribution in [0.1, 0.15) is 6.42 Å². The Morgan fingerprint density at radius 2 is 2.16 bits per heavy atom. The molecule has 0 N–H and O–H groups in total. The van der Waals surface area contributed by atoms with Crippen molar-refractivity contribution in [3.8, 4) is 0 Å². The molecule has 1 aromatic carbocycles. The molecule has 100 valence electrons. The maximum absolute atomic E-state index is 12.2. The Hall–Kier alpha value is -1.69. The number of carbonyl (C=O) groups excluding carboxylic acids is 1. The number of fused-ring (bicyclic) bond motifs is 1. The van der Waals surface area contributed by atoms with Crippen LogP contribution in [0.4, 0.5) is 0 Å². The van der Waals surface area contributed by atoms with Crippen molar-refractivity contribution < 1.29 is 4.79 Å². The molecule has 0 aliphatic carbocycles. The first-order chi connectivity index (χ1) is 8.99. The van der Waals surface area contributed by atoms with Gasteiger partial charge in [-0.05, 0) is 18.2 Å². The fraction of sp³-hybridized carbons (Fsp3) is 0.308. The number of hydrogen-bond donors (Lipinski definition) is 0. The maximum atomic E-state index is 12.2. The summed E-state index contributed by atoms with van der Waals surface area (Å²) in [6.45, 7) is 0.342. The number of rotatable bonds is 3. The van der Waals surface area contributed by atoms with E-state index in [0.29, 0.717) is 17.4 Å². The van der Waals surface area contributed by atoms with Gasteiger partial charge in [0.2, 0.25) is 5.91 Å². The molecule has 0 bridgehead atoms. The molecule has 0 fully saturated rings. The van der Waals surface area contributed by atoms with Gasteiger partial charge in [0.05, 0.1) is 17.2 Å². The van der Waals surface area contributed by atoms with Crippen LogP contribution in [-0.2, 0) is 11.3 Å². The summed E-state index contributed by atoms with van der Waals surface area (Å²) in [5.74, 6) is -0.0113. The lowest BCUT2D eigenvalue weighted by molar-refractivity contribution is -0.128. The molecule has 0 saturated carbocycles. The van der Waals surface area contributed by atoms with Gasteiger partial charge in [-0.15, -0.1) is 0 Å². The Labute approximate surface area is 119 Å². The number of nitrogens with zero attached hydrogens (tertiary/aromatic N) is 3. The highest BCUT2D eigenvalue weighted by atomic mass is 79.9. The zero-order valence-corrected chi connectivity index (χ0v) is 12.3. The second-order valence-electron chi connectivity index (χ2n) is 4.44. The van der Waals surface area contributed by atoms with Crippen LogP contribution in [-0.4, -0.2) is 34.5 Å². The van der Waals surface area contributed by atoms with Crippen LogP contribution in [0.3, 0.4) is 0 Å². The van der Waals surface area contributed by atoms with E-state index in [1.807, 2.05) is 0 Å². The van der Waals surface area contributed by atoms with Gasteiger partial charge in [0.25, 0.3) is 5.56 Å². The van der Waals surface area contributed by atoms with E-state index in [0.717, 1.165) is 4.47 Å². The number of halogens is 1. The van der Waals surface area contributed by atoms with Gasteiger partial charge in [0.15, 0.2) is 0 Å². The minimum absolute atomic E-state index is 0.0113. The van der Waals surface area contributed by atoms with Crippen LogP contribution in [0.2, 0.25) is 0 Å². The monoisotopic (exact) mass is 323 g/mol. The SMILES string of the molecule is CN(C)C(=O)CCn1cnc2cc(Br)ccc2c1=O.